The predicted octanol–water partition coefficient (Wildman–Crippen LogP) is 3.33. The Morgan fingerprint density at radius 1 is 0.762 bits per heavy atom. The SMILES string of the molecule is C[Si](C)(C)CC(=O)[Si](C)(c1ccccc1)c1ccccc1. The fourth-order valence-corrected chi connectivity index (χ4v) is 9.35. The van der Waals surface area contributed by atoms with Crippen LogP contribution >= 0.6 is 0 Å². The molecule has 0 bridgehead atoms. The quantitative estimate of drug-likeness (QED) is 0.774. The van der Waals surface area contributed by atoms with E-state index in [1.165, 1.54) is 10.4 Å². The van der Waals surface area contributed by atoms with Crippen LogP contribution in [-0.4, -0.2) is 21.6 Å². The van der Waals surface area contributed by atoms with E-state index in [4.69, 9.17) is 0 Å². The van der Waals surface area contributed by atoms with Crippen molar-refractivity contribution in [3.8, 4) is 0 Å². The van der Waals surface area contributed by atoms with Gasteiger partial charge >= 0.3 is 0 Å². The minimum Gasteiger partial charge on any atom is -0.305 e. The molecule has 0 unspecified atom stereocenters. The molecule has 1 nitrogen and oxygen atoms in total. The first kappa shape index (κ1) is 15.9. The van der Waals surface area contributed by atoms with Gasteiger partial charge in [0.15, 0.2) is 8.07 Å². The van der Waals surface area contributed by atoms with Crippen LogP contribution in [0.3, 0.4) is 0 Å². The van der Waals surface area contributed by atoms with E-state index in [2.05, 4.69) is 50.5 Å². The van der Waals surface area contributed by atoms with Crippen LogP contribution in [0, 0.1) is 0 Å². The summed E-state index contributed by atoms with van der Waals surface area (Å²) in [5.74, 6) is 0. The molecule has 3 heteroatoms. The van der Waals surface area contributed by atoms with E-state index >= 15 is 0 Å². The number of benzene rings is 2. The van der Waals surface area contributed by atoms with E-state index in [1.54, 1.807) is 0 Å². The van der Waals surface area contributed by atoms with Crippen molar-refractivity contribution in [3.63, 3.8) is 0 Å². The predicted molar refractivity (Wildman–Crippen MR) is 96.9 cm³/mol. The molecule has 0 fully saturated rings. The summed E-state index contributed by atoms with van der Waals surface area (Å²) >= 11 is 0. The van der Waals surface area contributed by atoms with Crippen molar-refractivity contribution in [1.82, 2.24) is 0 Å². The summed E-state index contributed by atoms with van der Waals surface area (Å²) in [5.41, 5.74) is 0. The normalized spacial score (nSPS) is 12.2. The maximum absolute atomic E-state index is 13.2. The summed E-state index contributed by atoms with van der Waals surface area (Å²) in [5, 5.41) is 2.91. The van der Waals surface area contributed by atoms with Crippen molar-refractivity contribution >= 4 is 31.9 Å². The fourth-order valence-electron chi connectivity index (χ4n) is 2.69. The zero-order chi connectivity index (χ0) is 15.5. The number of hydrogen-bond acceptors (Lipinski definition) is 1. The number of carbonyl (C=O) groups is 1. The lowest BCUT2D eigenvalue weighted by Crippen LogP contribution is -2.63. The maximum Gasteiger partial charge on any atom is 0.190 e. The third kappa shape index (κ3) is 3.60. The van der Waals surface area contributed by atoms with Crippen molar-refractivity contribution in [2.45, 2.75) is 32.2 Å². The Kier molecular flexibility index (Phi) is 4.64. The average Bonchev–Trinajstić information content (AvgIpc) is 2.46. The van der Waals surface area contributed by atoms with E-state index in [1.807, 2.05) is 36.4 Å². The van der Waals surface area contributed by atoms with Crippen LogP contribution in [0.5, 0.6) is 0 Å². The number of carbonyl (C=O) groups excluding carboxylic acids is 1. The van der Waals surface area contributed by atoms with Crippen LogP contribution in [0.1, 0.15) is 0 Å². The largest absolute Gasteiger partial charge is 0.305 e. The van der Waals surface area contributed by atoms with Crippen molar-refractivity contribution in [1.29, 1.82) is 0 Å². The second kappa shape index (κ2) is 6.12. The summed E-state index contributed by atoms with van der Waals surface area (Å²) in [6.07, 6.45) is 0. The molecule has 0 saturated heterocycles. The lowest BCUT2D eigenvalue weighted by atomic mass is 10.4. The van der Waals surface area contributed by atoms with Crippen LogP contribution < -0.4 is 10.4 Å². The molecule has 110 valence electrons. The Hall–Kier alpha value is -1.46. The average molecular weight is 313 g/mol. The minimum atomic E-state index is -2.32. The van der Waals surface area contributed by atoms with Crippen LogP contribution in [-0.2, 0) is 4.79 Å². The highest BCUT2D eigenvalue weighted by molar-refractivity contribution is 7.23. The highest BCUT2D eigenvalue weighted by atomic mass is 28.3. The van der Waals surface area contributed by atoms with E-state index < -0.39 is 16.1 Å². The van der Waals surface area contributed by atoms with Gasteiger partial charge in [-0.2, -0.15) is 0 Å². The molecule has 0 aliphatic rings. The van der Waals surface area contributed by atoms with E-state index in [0.717, 1.165) is 6.04 Å². The fraction of sp³-hybridized carbons (Fsp3) is 0.278. The van der Waals surface area contributed by atoms with Crippen molar-refractivity contribution in [3.05, 3.63) is 60.7 Å². The standard InChI is InChI=1S/C18H24OSi2/c1-20(2,3)15-18(19)21(4,16-11-7-5-8-12-16)17-13-9-6-10-14-17/h5-14H,15H2,1-4H3. The first-order valence-electron chi connectivity index (χ1n) is 7.48. The highest BCUT2D eigenvalue weighted by Crippen LogP contribution is 2.16. The van der Waals surface area contributed by atoms with E-state index in [0.29, 0.717) is 5.41 Å². The van der Waals surface area contributed by atoms with Gasteiger partial charge in [-0.3, -0.25) is 0 Å². The van der Waals surface area contributed by atoms with Gasteiger partial charge in [-0.15, -0.1) is 0 Å². The molecular weight excluding hydrogens is 288 g/mol. The second-order valence-corrected chi connectivity index (χ2v) is 16.5. The highest BCUT2D eigenvalue weighted by Gasteiger charge is 2.41. The Morgan fingerprint density at radius 3 is 1.48 bits per heavy atom. The molecule has 21 heavy (non-hydrogen) atoms. The third-order valence-corrected chi connectivity index (χ3v) is 9.95. The first-order chi connectivity index (χ1) is 9.84. The lowest BCUT2D eigenvalue weighted by molar-refractivity contribution is -0.110. The number of rotatable bonds is 5. The molecule has 0 aliphatic carbocycles. The topological polar surface area (TPSA) is 17.1 Å². The summed E-state index contributed by atoms with van der Waals surface area (Å²) in [6, 6.07) is 21.5. The Morgan fingerprint density at radius 2 is 1.14 bits per heavy atom. The summed E-state index contributed by atoms with van der Waals surface area (Å²) < 4.78 is 0. The third-order valence-electron chi connectivity index (χ3n) is 3.95. The molecule has 0 N–H and O–H groups in total. The molecule has 0 spiro atoms. The van der Waals surface area contributed by atoms with Gasteiger partial charge in [0.05, 0.1) is 8.07 Å². The molecule has 0 atom stereocenters. The van der Waals surface area contributed by atoms with Gasteiger partial charge in [0.2, 0.25) is 0 Å². The first-order valence-corrected chi connectivity index (χ1v) is 13.7. The van der Waals surface area contributed by atoms with Crippen LogP contribution in [0.2, 0.25) is 32.2 Å². The zero-order valence-electron chi connectivity index (χ0n) is 13.4. The van der Waals surface area contributed by atoms with Gasteiger partial charge in [-0.05, 0) is 16.4 Å². The molecule has 2 aromatic carbocycles. The molecule has 2 aromatic rings. The van der Waals surface area contributed by atoms with Gasteiger partial charge in [0.25, 0.3) is 0 Å². The van der Waals surface area contributed by atoms with Gasteiger partial charge < -0.3 is 4.79 Å². The molecule has 0 saturated carbocycles. The van der Waals surface area contributed by atoms with Crippen LogP contribution in [0.25, 0.3) is 0 Å². The lowest BCUT2D eigenvalue weighted by Gasteiger charge is -2.29. The second-order valence-electron chi connectivity index (χ2n) is 7.02. The molecule has 0 heterocycles. The van der Waals surface area contributed by atoms with E-state index in [-0.39, 0.29) is 0 Å². The monoisotopic (exact) mass is 312 g/mol. The van der Waals surface area contributed by atoms with Crippen molar-refractivity contribution in [2.24, 2.45) is 0 Å². The van der Waals surface area contributed by atoms with Gasteiger partial charge in [-0.1, -0.05) is 86.9 Å². The molecule has 0 aromatic heterocycles. The van der Waals surface area contributed by atoms with Gasteiger partial charge in [0, 0.05) is 0 Å². The smallest absolute Gasteiger partial charge is 0.190 e. The van der Waals surface area contributed by atoms with Crippen LogP contribution in [0.4, 0.5) is 0 Å². The summed E-state index contributed by atoms with van der Waals surface area (Å²) in [6.45, 7) is 9.03. The van der Waals surface area contributed by atoms with Crippen LogP contribution in [0.15, 0.2) is 60.7 Å². The van der Waals surface area contributed by atoms with Gasteiger partial charge in [-0.25, -0.2) is 0 Å². The Labute approximate surface area is 130 Å². The van der Waals surface area contributed by atoms with Gasteiger partial charge in [0.1, 0.15) is 5.41 Å². The number of hydrogen-bond donors (Lipinski definition) is 0. The maximum atomic E-state index is 13.2. The summed E-state index contributed by atoms with van der Waals surface area (Å²) in [4.78, 5) is 13.2. The minimum absolute atomic E-state index is 0.471. The molecule has 0 aliphatic heterocycles. The molecule has 0 amide bonds. The van der Waals surface area contributed by atoms with Crippen molar-refractivity contribution in [2.75, 3.05) is 0 Å². The van der Waals surface area contributed by atoms with E-state index in [9.17, 15) is 4.79 Å². The van der Waals surface area contributed by atoms with Crippen molar-refractivity contribution < 1.29 is 4.79 Å². The Balaban J connectivity index is 2.53. The summed E-state index contributed by atoms with van der Waals surface area (Å²) in [7, 11) is -3.73. The zero-order valence-corrected chi connectivity index (χ0v) is 15.4. The Bertz CT molecular complexity index is 561. The molecular formula is C18H24OSi2. The molecule has 0 radical (unpaired) electrons. The molecule has 2 rings (SSSR count).